The number of carbonyl (C=O) groups is 1. The molecular formula is C22H29F2N5O. The van der Waals surface area contributed by atoms with Crippen LogP contribution in [0.5, 0.6) is 0 Å². The number of allylic oxidation sites excluding steroid dienone is 2. The maximum atomic E-state index is 13.7. The van der Waals surface area contributed by atoms with Gasteiger partial charge >= 0.3 is 0 Å². The number of nitrogens with one attached hydrogen (secondary N) is 1. The molecule has 1 fully saturated rings. The predicted molar refractivity (Wildman–Crippen MR) is 116 cm³/mol. The summed E-state index contributed by atoms with van der Waals surface area (Å²) in [6, 6.07) is 3.73. The normalized spacial score (nSPS) is 21.3. The van der Waals surface area contributed by atoms with Gasteiger partial charge < -0.3 is 16.9 Å². The Morgan fingerprint density at radius 3 is 2.73 bits per heavy atom. The molecule has 30 heavy (non-hydrogen) atoms. The van der Waals surface area contributed by atoms with E-state index in [4.69, 9.17) is 16.6 Å². The van der Waals surface area contributed by atoms with Gasteiger partial charge in [0.2, 0.25) is 5.91 Å². The third-order valence-corrected chi connectivity index (χ3v) is 4.75. The monoisotopic (exact) mass is 417 g/mol. The van der Waals surface area contributed by atoms with Gasteiger partial charge in [-0.3, -0.25) is 9.79 Å². The molecule has 1 aliphatic carbocycles. The summed E-state index contributed by atoms with van der Waals surface area (Å²) in [7, 11) is 0. The molecule has 8 heteroatoms. The molecule has 0 radical (unpaired) electrons. The highest BCUT2D eigenvalue weighted by atomic mass is 19.1. The van der Waals surface area contributed by atoms with Crippen molar-refractivity contribution in [2.45, 2.75) is 58.3 Å². The van der Waals surface area contributed by atoms with Crippen molar-refractivity contribution in [1.82, 2.24) is 5.32 Å². The summed E-state index contributed by atoms with van der Waals surface area (Å²) >= 11 is 0. The number of alkyl halides is 1. The molecule has 1 aliphatic rings. The minimum Gasteiger partial charge on any atom is -0.405 e. The fourth-order valence-electron chi connectivity index (χ4n) is 3.64. The number of hydrazone groups is 1. The smallest absolute Gasteiger partial charge is 0.217 e. The molecule has 6 nitrogen and oxygen atoms in total. The predicted octanol–water partition coefficient (Wildman–Crippen LogP) is 3.07. The maximum Gasteiger partial charge on any atom is 0.217 e. The number of hydrogen-bond acceptors (Lipinski definition) is 5. The molecule has 0 saturated heterocycles. The Hall–Kier alpha value is -3.03. The number of hydrogen-bond donors (Lipinski definition) is 3. The second kappa shape index (κ2) is 11.2. The molecule has 5 N–H and O–H groups in total. The largest absolute Gasteiger partial charge is 0.405 e. The van der Waals surface area contributed by atoms with E-state index in [1.807, 2.05) is 13.0 Å². The first-order valence-corrected chi connectivity index (χ1v) is 9.91. The Labute approximate surface area is 175 Å². The standard InChI is InChI=1S/C22H29F2N5O/c1-14(27-20-4-3-5-21(22(20)29-26)28-15(2)30)8-16(6-7-25)9-17-10-18(13-23)12-19(24)11-17/h6-8,10-12,14,21H,3-5,9,13,25-26H2,1-2H3,(H,28,30)/b7-6-,16-8+,27-20?,29-22+. The van der Waals surface area contributed by atoms with Crippen molar-refractivity contribution >= 4 is 17.3 Å². The number of carbonyl (C=O) groups excluding carboxylic acids is 1. The third kappa shape index (κ3) is 6.79. The minimum atomic E-state index is -0.725. The van der Waals surface area contributed by atoms with Crippen molar-refractivity contribution in [2.75, 3.05) is 0 Å². The lowest BCUT2D eigenvalue weighted by Crippen LogP contribution is -2.46. The first-order chi connectivity index (χ1) is 14.4. The molecule has 0 aromatic heterocycles. The lowest BCUT2D eigenvalue weighted by molar-refractivity contribution is -0.119. The van der Waals surface area contributed by atoms with Gasteiger partial charge in [-0.15, -0.1) is 0 Å². The topological polar surface area (TPSA) is 106 Å². The zero-order chi connectivity index (χ0) is 22.1. The van der Waals surface area contributed by atoms with Gasteiger partial charge in [-0.1, -0.05) is 12.1 Å². The highest BCUT2D eigenvalue weighted by Crippen LogP contribution is 2.18. The summed E-state index contributed by atoms with van der Waals surface area (Å²) in [4.78, 5) is 16.2. The summed E-state index contributed by atoms with van der Waals surface area (Å²) in [5.74, 6) is 4.96. The first-order valence-electron chi connectivity index (χ1n) is 9.91. The van der Waals surface area contributed by atoms with E-state index in [9.17, 15) is 13.6 Å². The summed E-state index contributed by atoms with van der Waals surface area (Å²) < 4.78 is 26.7. The fourth-order valence-corrected chi connectivity index (χ4v) is 3.64. The molecule has 162 valence electrons. The van der Waals surface area contributed by atoms with Crippen LogP contribution >= 0.6 is 0 Å². The molecule has 1 aromatic carbocycles. The Balaban J connectivity index is 2.24. The van der Waals surface area contributed by atoms with Crippen molar-refractivity contribution in [3.8, 4) is 0 Å². The van der Waals surface area contributed by atoms with Gasteiger partial charge in [0.25, 0.3) is 0 Å². The van der Waals surface area contributed by atoms with Gasteiger partial charge in [0.15, 0.2) is 0 Å². The molecule has 2 rings (SSSR count). The lowest BCUT2D eigenvalue weighted by atomic mass is 9.91. The number of halogens is 2. The number of amides is 1. The molecule has 1 aromatic rings. The van der Waals surface area contributed by atoms with E-state index in [1.54, 1.807) is 12.1 Å². The number of rotatable bonds is 7. The average molecular weight is 418 g/mol. The lowest BCUT2D eigenvalue weighted by Gasteiger charge is -2.26. The van der Waals surface area contributed by atoms with E-state index < -0.39 is 12.5 Å². The third-order valence-electron chi connectivity index (χ3n) is 4.75. The van der Waals surface area contributed by atoms with Crippen LogP contribution in [0, 0.1) is 5.82 Å². The van der Waals surface area contributed by atoms with Crippen molar-refractivity contribution in [2.24, 2.45) is 21.7 Å². The highest BCUT2D eigenvalue weighted by Gasteiger charge is 2.26. The first kappa shape index (κ1) is 23.3. The van der Waals surface area contributed by atoms with Crippen molar-refractivity contribution < 1.29 is 13.6 Å². The van der Waals surface area contributed by atoms with Crippen LogP contribution in [-0.4, -0.2) is 29.4 Å². The van der Waals surface area contributed by atoms with E-state index in [-0.39, 0.29) is 18.0 Å². The second-order valence-electron chi connectivity index (χ2n) is 7.35. The molecule has 0 heterocycles. The van der Waals surface area contributed by atoms with Gasteiger partial charge in [0, 0.05) is 6.92 Å². The molecule has 0 spiro atoms. The molecule has 1 amide bonds. The summed E-state index contributed by atoms with van der Waals surface area (Å²) in [5.41, 5.74) is 8.69. The van der Waals surface area contributed by atoms with Crippen LogP contribution in [0.1, 0.15) is 44.2 Å². The van der Waals surface area contributed by atoms with Crippen LogP contribution in [0.15, 0.2) is 52.2 Å². The summed E-state index contributed by atoms with van der Waals surface area (Å²) in [6.45, 7) is 2.64. The molecule has 2 atom stereocenters. The van der Waals surface area contributed by atoms with E-state index in [2.05, 4.69) is 10.4 Å². The van der Waals surface area contributed by atoms with Crippen LogP contribution in [0.25, 0.3) is 0 Å². The van der Waals surface area contributed by atoms with E-state index in [0.29, 0.717) is 23.3 Å². The molecule has 2 unspecified atom stereocenters. The number of nitrogens with two attached hydrogens (primary N) is 2. The molecule has 0 bridgehead atoms. The van der Waals surface area contributed by atoms with Crippen LogP contribution < -0.4 is 16.9 Å². The fraction of sp³-hybridized carbons (Fsp3) is 0.409. The zero-order valence-corrected chi connectivity index (χ0v) is 17.4. The van der Waals surface area contributed by atoms with Crippen LogP contribution in [0.4, 0.5) is 8.78 Å². The molecule has 0 aliphatic heterocycles. The zero-order valence-electron chi connectivity index (χ0n) is 17.4. The Kier molecular flexibility index (Phi) is 8.70. The quantitative estimate of drug-likeness (QED) is 0.361. The van der Waals surface area contributed by atoms with E-state index in [0.717, 1.165) is 30.5 Å². The molecule has 1 saturated carbocycles. The minimum absolute atomic E-state index is 0.145. The van der Waals surface area contributed by atoms with Gasteiger partial charge in [-0.05, 0) is 73.7 Å². The highest BCUT2D eigenvalue weighted by molar-refractivity contribution is 6.45. The van der Waals surface area contributed by atoms with Crippen molar-refractivity contribution in [3.63, 3.8) is 0 Å². The maximum absolute atomic E-state index is 13.7. The van der Waals surface area contributed by atoms with Gasteiger partial charge in [-0.2, -0.15) is 5.10 Å². The van der Waals surface area contributed by atoms with Crippen LogP contribution in [0.2, 0.25) is 0 Å². The van der Waals surface area contributed by atoms with E-state index >= 15 is 0 Å². The van der Waals surface area contributed by atoms with Crippen LogP contribution in [0.3, 0.4) is 0 Å². The Morgan fingerprint density at radius 2 is 2.10 bits per heavy atom. The Bertz CT molecular complexity index is 876. The number of aliphatic imine (C=N–C) groups is 1. The van der Waals surface area contributed by atoms with Crippen molar-refractivity contribution in [1.29, 1.82) is 0 Å². The van der Waals surface area contributed by atoms with Gasteiger partial charge in [0.05, 0.1) is 17.8 Å². The average Bonchev–Trinajstić information content (AvgIpc) is 2.67. The molecular weight excluding hydrogens is 388 g/mol. The number of nitrogens with zero attached hydrogens (tertiary/aromatic N) is 2. The Morgan fingerprint density at radius 1 is 1.37 bits per heavy atom. The summed E-state index contributed by atoms with van der Waals surface area (Å²) in [6.07, 6.45) is 7.76. The van der Waals surface area contributed by atoms with Crippen molar-refractivity contribution in [3.05, 3.63) is 59.1 Å². The summed E-state index contributed by atoms with van der Waals surface area (Å²) in [5, 5.41) is 6.72. The van der Waals surface area contributed by atoms with Crippen LogP contribution in [-0.2, 0) is 17.9 Å². The van der Waals surface area contributed by atoms with Gasteiger partial charge in [0.1, 0.15) is 18.2 Å². The number of benzene rings is 1. The second-order valence-corrected chi connectivity index (χ2v) is 7.35. The van der Waals surface area contributed by atoms with Gasteiger partial charge in [-0.25, -0.2) is 8.78 Å². The SMILES string of the molecule is CC(=O)NC1CCCC(=NC(C)/C=C(\C=C/N)Cc2cc(F)cc(CF)c2)/C1=N\N. The van der Waals surface area contributed by atoms with E-state index in [1.165, 1.54) is 25.3 Å².